The molecule has 1 amide bonds. The van der Waals surface area contributed by atoms with Crippen LogP contribution in [-0.2, 0) is 14.9 Å². The zero-order valence-corrected chi connectivity index (χ0v) is 22.1. The molecular weight excluding hydrogens is 504 g/mol. The maximum atomic E-state index is 13.5. The SMILES string of the molecule is CN1c2nc(-c3ccc(N4CCN(C(=O)OC(C)(C)C)CC4)cc3)ccc2N(CC2CC2(F)F)S1(=O)=O. The van der Waals surface area contributed by atoms with Crippen molar-refractivity contribution in [1.82, 2.24) is 9.88 Å². The fourth-order valence-corrected chi connectivity index (χ4v) is 5.99. The lowest BCUT2D eigenvalue weighted by Crippen LogP contribution is -2.50. The van der Waals surface area contributed by atoms with Gasteiger partial charge in [0.2, 0.25) is 0 Å². The second kappa shape index (κ2) is 8.71. The topological polar surface area (TPSA) is 86.3 Å². The van der Waals surface area contributed by atoms with Gasteiger partial charge in [0.1, 0.15) is 5.60 Å². The molecule has 0 spiro atoms. The third kappa shape index (κ3) is 4.90. The number of pyridine rings is 1. The zero-order valence-electron chi connectivity index (χ0n) is 21.3. The van der Waals surface area contributed by atoms with E-state index < -0.39 is 27.7 Å². The van der Waals surface area contributed by atoms with E-state index in [1.807, 2.05) is 45.0 Å². The lowest BCUT2D eigenvalue weighted by molar-refractivity contribution is 0.0240. The number of ether oxygens (including phenoxy) is 1. The van der Waals surface area contributed by atoms with Crippen molar-refractivity contribution in [3.05, 3.63) is 36.4 Å². The Bertz CT molecular complexity index is 1310. The Hall–Kier alpha value is -3.15. The molecule has 2 aliphatic heterocycles. The molecular formula is C25H31F2N5O4S. The summed E-state index contributed by atoms with van der Waals surface area (Å²) < 4.78 is 60.2. The van der Waals surface area contributed by atoms with E-state index in [-0.39, 0.29) is 24.9 Å². The van der Waals surface area contributed by atoms with Crippen molar-refractivity contribution in [2.45, 2.75) is 38.7 Å². The lowest BCUT2D eigenvalue weighted by Gasteiger charge is -2.36. The molecule has 1 aromatic heterocycles. The zero-order chi connectivity index (χ0) is 26.8. The van der Waals surface area contributed by atoms with E-state index in [4.69, 9.17) is 4.74 Å². The third-order valence-electron chi connectivity index (χ3n) is 6.85. The molecule has 200 valence electrons. The predicted octanol–water partition coefficient (Wildman–Crippen LogP) is 3.96. The van der Waals surface area contributed by atoms with E-state index in [1.165, 1.54) is 7.05 Å². The number of fused-ring (bicyclic) bond motifs is 1. The summed E-state index contributed by atoms with van der Waals surface area (Å²) >= 11 is 0. The van der Waals surface area contributed by atoms with Gasteiger partial charge in [0.25, 0.3) is 5.92 Å². The van der Waals surface area contributed by atoms with Crippen molar-refractivity contribution < 1.29 is 26.7 Å². The van der Waals surface area contributed by atoms with Gasteiger partial charge in [-0.3, -0.25) is 0 Å². The van der Waals surface area contributed by atoms with E-state index in [0.717, 1.165) is 19.9 Å². The van der Waals surface area contributed by atoms with Gasteiger partial charge in [-0.1, -0.05) is 12.1 Å². The minimum Gasteiger partial charge on any atom is -0.444 e. The summed E-state index contributed by atoms with van der Waals surface area (Å²) in [7, 11) is -2.56. The normalized spacial score (nSPS) is 22.2. The van der Waals surface area contributed by atoms with Gasteiger partial charge in [0, 0.05) is 63.4 Å². The summed E-state index contributed by atoms with van der Waals surface area (Å²) in [6.45, 7) is 7.76. The number of aromatic nitrogens is 1. The molecule has 1 aromatic carbocycles. The third-order valence-corrected chi connectivity index (χ3v) is 8.62. The molecule has 0 radical (unpaired) electrons. The minimum atomic E-state index is -3.94. The molecule has 1 saturated heterocycles. The molecule has 3 aliphatic rings. The Morgan fingerprint density at radius 3 is 2.27 bits per heavy atom. The summed E-state index contributed by atoms with van der Waals surface area (Å²) in [6.07, 6.45) is -0.604. The number of hydrogen-bond acceptors (Lipinski definition) is 6. The van der Waals surface area contributed by atoms with E-state index in [9.17, 15) is 22.0 Å². The summed E-state index contributed by atoms with van der Waals surface area (Å²) in [4.78, 5) is 20.8. The molecule has 2 fully saturated rings. The molecule has 3 heterocycles. The van der Waals surface area contributed by atoms with E-state index in [2.05, 4.69) is 9.88 Å². The van der Waals surface area contributed by atoms with Gasteiger partial charge in [0.15, 0.2) is 5.82 Å². The van der Waals surface area contributed by atoms with E-state index in [1.54, 1.807) is 17.0 Å². The van der Waals surface area contributed by atoms with Gasteiger partial charge in [-0.2, -0.15) is 8.42 Å². The number of rotatable bonds is 4. The highest BCUT2D eigenvalue weighted by Gasteiger charge is 2.59. The molecule has 1 aliphatic carbocycles. The first-order valence-corrected chi connectivity index (χ1v) is 13.6. The number of amides is 1. The van der Waals surface area contributed by atoms with Crippen LogP contribution in [-0.4, -0.2) is 75.7 Å². The highest BCUT2D eigenvalue weighted by molar-refractivity contribution is 7.94. The first-order chi connectivity index (χ1) is 17.3. The van der Waals surface area contributed by atoms with E-state index >= 15 is 0 Å². The van der Waals surface area contributed by atoms with Crippen molar-refractivity contribution >= 4 is 33.5 Å². The average Bonchev–Trinajstić information content (AvgIpc) is 3.40. The first kappa shape index (κ1) is 25.5. The van der Waals surface area contributed by atoms with Crippen LogP contribution in [0.3, 0.4) is 0 Å². The van der Waals surface area contributed by atoms with Crippen molar-refractivity contribution in [2.75, 3.05) is 53.3 Å². The number of alkyl halides is 2. The average molecular weight is 536 g/mol. The Morgan fingerprint density at radius 1 is 1.08 bits per heavy atom. The van der Waals surface area contributed by atoms with Crippen LogP contribution in [0.2, 0.25) is 0 Å². The summed E-state index contributed by atoms with van der Waals surface area (Å²) in [5, 5.41) is 0. The highest BCUT2D eigenvalue weighted by atomic mass is 32.2. The number of anilines is 3. The predicted molar refractivity (Wildman–Crippen MR) is 137 cm³/mol. The lowest BCUT2D eigenvalue weighted by atomic mass is 10.1. The van der Waals surface area contributed by atoms with Gasteiger partial charge in [-0.05, 0) is 45.0 Å². The number of halogens is 2. The first-order valence-electron chi connectivity index (χ1n) is 12.2. The van der Waals surface area contributed by atoms with Crippen LogP contribution in [0.25, 0.3) is 11.3 Å². The molecule has 1 saturated carbocycles. The number of benzene rings is 1. The van der Waals surface area contributed by atoms with Crippen LogP contribution >= 0.6 is 0 Å². The van der Waals surface area contributed by atoms with Crippen molar-refractivity contribution in [2.24, 2.45) is 5.92 Å². The van der Waals surface area contributed by atoms with Crippen molar-refractivity contribution in [1.29, 1.82) is 0 Å². The number of piperazine rings is 1. The molecule has 9 nitrogen and oxygen atoms in total. The maximum absolute atomic E-state index is 13.5. The van der Waals surface area contributed by atoms with Crippen molar-refractivity contribution in [3.8, 4) is 11.3 Å². The largest absolute Gasteiger partial charge is 0.444 e. The fourth-order valence-electron chi connectivity index (χ4n) is 4.59. The molecule has 1 unspecified atom stereocenters. The second-order valence-electron chi connectivity index (χ2n) is 10.7. The van der Waals surface area contributed by atoms with Gasteiger partial charge in [-0.25, -0.2) is 27.2 Å². The highest BCUT2D eigenvalue weighted by Crippen LogP contribution is 2.51. The van der Waals surface area contributed by atoms with Gasteiger partial charge in [0.05, 0.1) is 11.4 Å². The Kier molecular flexibility index (Phi) is 6.00. The summed E-state index contributed by atoms with van der Waals surface area (Å²) in [6, 6.07) is 11.1. The summed E-state index contributed by atoms with van der Waals surface area (Å²) in [5.41, 5.74) is 2.18. The fraction of sp³-hybridized carbons (Fsp3) is 0.520. The monoisotopic (exact) mass is 535 g/mol. The molecule has 37 heavy (non-hydrogen) atoms. The molecule has 0 N–H and O–H groups in total. The van der Waals surface area contributed by atoms with Crippen LogP contribution in [0.15, 0.2) is 36.4 Å². The van der Waals surface area contributed by atoms with E-state index in [0.29, 0.717) is 37.6 Å². The Morgan fingerprint density at radius 2 is 1.70 bits per heavy atom. The quantitative estimate of drug-likeness (QED) is 0.589. The van der Waals surface area contributed by atoms with Gasteiger partial charge >= 0.3 is 16.3 Å². The smallest absolute Gasteiger partial charge is 0.410 e. The van der Waals surface area contributed by atoms with Crippen molar-refractivity contribution in [3.63, 3.8) is 0 Å². The van der Waals surface area contributed by atoms with Gasteiger partial charge < -0.3 is 14.5 Å². The van der Waals surface area contributed by atoms with Crippen LogP contribution in [0.4, 0.5) is 30.8 Å². The molecule has 1 atom stereocenters. The van der Waals surface area contributed by atoms with Crippen LogP contribution in [0.1, 0.15) is 27.2 Å². The number of carbonyl (C=O) groups excluding carboxylic acids is 1. The maximum Gasteiger partial charge on any atom is 0.410 e. The van der Waals surface area contributed by atoms with Crippen LogP contribution in [0, 0.1) is 5.92 Å². The number of nitrogens with zero attached hydrogens (tertiary/aromatic N) is 5. The molecule has 12 heteroatoms. The Balaban J connectivity index is 1.27. The Labute approximate surface area is 215 Å². The van der Waals surface area contributed by atoms with Crippen LogP contribution < -0.4 is 13.5 Å². The number of hydrogen-bond donors (Lipinski definition) is 0. The standard InChI is InChI=1S/C25H31F2N5O4S/c1-24(2,3)36-23(33)31-13-11-30(12-14-31)19-7-5-17(6-8-19)20-9-10-21-22(28-20)29(4)37(34,35)32(21)16-18-15-25(18,26)27/h5-10,18H,11-16H2,1-4H3. The molecule has 0 bridgehead atoms. The molecule has 2 aromatic rings. The minimum absolute atomic E-state index is 0.226. The second-order valence-corrected chi connectivity index (χ2v) is 12.6. The number of carbonyl (C=O) groups is 1. The summed E-state index contributed by atoms with van der Waals surface area (Å²) in [5.74, 6) is -3.56. The van der Waals surface area contributed by atoms with Crippen LogP contribution in [0.5, 0.6) is 0 Å². The van der Waals surface area contributed by atoms with Gasteiger partial charge in [-0.15, -0.1) is 0 Å². The molecule has 5 rings (SSSR count).